The number of aromatic nitrogens is 1. The summed E-state index contributed by atoms with van der Waals surface area (Å²) in [7, 11) is 3.13. The monoisotopic (exact) mass is 525 g/mol. The molecule has 1 N–H and O–H groups in total. The van der Waals surface area contributed by atoms with E-state index in [-0.39, 0.29) is 36.4 Å². The predicted octanol–water partition coefficient (Wildman–Crippen LogP) is 4.10. The fourth-order valence-electron chi connectivity index (χ4n) is 5.76. The summed E-state index contributed by atoms with van der Waals surface area (Å²) in [6, 6.07) is 15.5. The molecule has 3 amide bonds. The molecule has 2 aromatic carbocycles. The molecular weight excluding hydrogens is 494 g/mol. The Balaban J connectivity index is 1.48. The quantitative estimate of drug-likeness (QED) is 0.489. The van der Waals surface area contributed by atoms with Crippen LogP contribution in [0.1, 0.15) is 42.7 Å². The maximum Gasteiger partial charge on any atom is 0.302 e. The van der Waals surface area contributed by atoms with Crippen molar-refractivity contribution in [3.05, 3.63) is 77.3 Å². The van der Waals surface area contributed by atoms with E-state index in [1.54, 1.807) is 19.2 Å². The van der Waals surface area contributed by atoms with Gasteiger partial charge in [0.25, 0.3) is 11.8 Å². The third-order valence-electron chi connectivity index (χ3n) is 7.77. The van der Waals surface area contributed by atoms with E-state index in [1.807, 2.05) is 56.3 Å². The van der Waals surface area contributed by atoms with Crippen LogP contribution in [0, 0.1) is 12.5 Å². The molecule has 0 saturated carbocycles. The van der Waals surface area contributed by atoms with E-state index in [1.165, 1.54) is 16.9 Å². The molecule has 0 aliphatic carbocycles. The third kappa shape index (κ3) is 4.36. The number of carbonyl (C=O) groups excluding carboxylic acids is 3. The van der Waals surface area contributed by atoms with Crippen LogP contribution in [-0.2, 0) is 15.0 Å². The Kier molecular flexibility index (Phi) is 6.73. The zero-order valence-electron chi connectivity index (χ0n) is 22.5. The summed E-state index contributed by atoms with van der Waals surface area (Å²) in [6.45, 7) is 11.9. The lowest BCUT2D eigenvalue weighted by atomic mass is 9.80. The van der Waals surface area contributed by atoms with E-state index < -0.39 is 23.5 Å². The molecule has 200 valence electrons. The number of benzene rings is 2. The zero-order valence-corrected chi connectivity index (χ0v) is 22.5. The number of fused-ring (bicyclic) bond motifs is 3. The normalized spacial score (nSPS) is 20.6. The fraction of sp³-hybridized carbons (Fsp3) is 0.367. The molecule has 1 fully saturated rings. The number of likely N-dealkylation sites (N-methyl/N-ethyl adjacent to an activating group) is 1. The second-order valence-electron chi connectivity index (χ2n) is 10.7. The Morgan fingerprint density at radius 2 is 1.95 bits per heavy atom. The van der Waals surface area contributed by atoms with Crippen molar-refractivity contribution >= 4 is 34.3 Å². The molecule has 1 spiro atoms. The van der Waals surface area contributed by atoms with Gasteiger partial charge in [-0.2, -0.15) is 0 Å². The van der Waals surface area contributed by atoms with E-state index >= 15 is 0 Å². The second-order valence-corrected chi connectivity index (χ2v) is 10.7. The molecule has 0 bridgehead atoms. The number of carbonyl (C=O) groups is 3. The molecule has 0 radical (unpaired) electrons. The Labute approximate surface area is 227 Å². The number of nitrogens with one attached hydrogen (secondary N) is 1. The van der Waals surface area contributed by atoms with Crippen molar-refractivity contribution < 1.29 is 19.1 Å². The highest BCUT2D eigenvalue weighted by Gasteiger charge is 2.59. The standard InChI is InChI=1S/C30H31N5O4/c1-18(2)14-24(34(4)27(36)23-15-25(39-5)19-10-6-8-12-21(19)32-23)28(37)35-17-30(16-26(35)31-3)20-11-7-9-13-22(20)33-29(30)38/h6-13,15,18,24,26H,14,16-17H2,1-2,4-5H3,(H,33,38)/t24-,26-,30-/m0/s1. The number of methoxy groups -OCH3 is 1. The largest absolute Gasteiger partial charge is 0.496 e. The Bertz CT molecular complexity index is 1510. The highest BCUT2D eigenvalue weighted by Crippen LogP contribution is 2.47. The number of hydrogen-bond donors (Lipinski definition) is 1. The molecule has 3 heterocycles. The van der Waals surface area contributed by atoms with E-state index in [2.05, 4.69) is 15.1 Å². The first-order chi connectivity index (χ1) is 18.7. The molecule has 9 heteroatoms. The van der Waals surface area contributed by atoms with Gasteiger partial charge in [-0.05, 0) is 36.1 Å². The van der Waals surface area contributed by atoms with E-state index in [0.29, 0.717) is 23.4 Å². The number of ether oxygens (including phenoxy) is 1. The minimum absolute atomic E-state index is 0.0837. The van der Waals surface area contributed by atoms with Gasteiger partial charge in [0, 0.05) is 30.7 Å². The van der Waals surface area contributed by atoms with Crippen molar-refractivity contribution in [1.29, 1.82) is 0 Å². The molecule has 2 aliphatic heterocycles. The topological polar surface area (TPSA) is 96.2 Å². The average Bonchev–Trinajstić information content (AvgIpc) is 3.47. The van der Waals surface area contributed by atoms with E-state index in [4.69, 9.17) is 11.3 Å². The van der Waals surface area contributed by atoms with E-state index in [0.717, 1.165) is 10.9 Å². The van der Waals surface area contributed by atoms with Crippen LogP contribution in [-0.4, -0.2) is 65.4 Å². The Morgan fingerprint density at radius 3 is 2.67 bits per heavy atom. The van der Waals surface area contributed by atoms with Gasteiger partial charge in [0.15, 0.2) is 0 Å². The smallest absolute Gasteiger partial charge is 0.302 e. The molecular formula is C30H31N5O4. The van der Waals surface area contributed by atoms with Gasteiger partial charge in [-0.25, -0.2) is 11.6 Å². The van der Waals surface area contributed by atoms with Gasteiger partial charge in [0.05, 0.1) is 19.0 Å². The lowest BCUT2D eigenvalue weighted by molar-refractivity contribution is -0.136. The lowest BCUT2D eigenvalue weighted by Gasteiger charge is -2.32. The minimum Gasteiger partial charge on any atom is -0.496 e. The molecule has 1 saturated heterocycles. The summed E-state index contributed by atoms with van der Waals surface area (Å²) in [4.78, 5) is 52.2. The molecule has 3 atom stereocenters. The average molecular weight is 526 g/mol. The summed E-state index contributed by atoms with van der Waals surface area (Å²) in [5, 5.41) is 3.70. The zero-order chi connectivity index (χ0) is 27.9. The number of pyridine rings is 1. The van der Waals surface area contributed by atoms with Gasteiger partial charge < -0.3 is 15.0 Å². The number of para-hydroxylation sites is 2. The predicted molar refractivity (Wildman–Crippen MR) is 147 cm³/mol. The SMILES string of the molecule is [C-]#[N+][C@@H]1C[C@@]2(CN1C(=O)[C@H](CC(C)C)N(C)C(=O)c1cc(OC)c3ccccc3n1)C(=O)Nc1ccccc12. The summed E-state index contributed by atoms with van der Waals surface area (Å²) in [6.07, 6.45) is -0.213. The number of hydrogen-bond acceptors (Lipinski definition) is 5. The maximum absolute atomic E-state index is 14.1. The summed E-state index contributed by atoms with van der Waals surface area (Å²) >= 11 is 0. The lowest BCUT2D eigenvalue weighted by Crippen LogP contribution is -2.51. The van der Waals surface area contributed by atoms with Crippen molar-refractivity contribution in [3.8, 4) is 5.75 Å². The maximum atomic E-state index is 14.1. The fourth-order valence-corrected chi connectivity index (χ4v) is 5.76. The van der Waals surface area contributed by atoms with Gasteiger partial charge in [-0.3, -0.25) is 24.1 Å². The highest BCUT2D eigenvalue weighted by molar-refractivity contribution is 6.07. The molecule has 3 aromatic rings. The number of likely N-dealkylation sites (tertiary alicyclic amines) is 1. The van der Waals surface area contributed by atoms with Crippen LogP contribution in [0.4, 0.5) is 5.69 Å². The first-order valence-electron chi connectivity index (χ1n) is 13.0. The van der Waals surface area contributed by atoms with Crippen LogP contribution >= 0.6 is 0 Å². The first kappa shape index (κ1) is 26.2. The molecule has 9 nitrogen and oxygen atoms in total. The molecule has 1 aromatic heterocycles. The van der Waals surface area contributed by atoms with Crippen LogP contribution < -0.4 is 10.1 Å². The van der Waals surface area contributed by atoms with Crippen molar-refractivity contribution in [2.24, 2.45) is 5.92 Å². The second kappa shape index (κ2) is 10.0. The minimum atomic E-state index is -0.986. The molecule has 5 rings (SSSR count). The highest BCUT2D eigenvalue weighted by atomic mass is 16.5. The van der Waals surface area contributed by atoms with E-state index in [9.17, 15) is 14.4 Å². The number of rotatable bonds is 6. The molecule has 0 unspecified atom stereocenters. The van der Waals surface area contributed by atoms with Crippen LogP contribution in [0.15, 0.2) is 54.6 Å². The first-order valence-corrected chi connectivity index (χ1v) is 13.0. The summed E-state index contributed by atoms with van der Waals surface area (Å²) < 4.78 is 5.52. The van der Waals surface area contributed by atoms with Gasteiger partial charge in [0.1, 0.15) is 22.9 Å². The van der Waals surface area contributed by atoms with Gasteiger partial charge >= 0.3 is 6.17 Å². The van der Waals surface area contributed by atoms with Crippen LogP contribution in [0.2, 0.25) is 0 Å². The number of anilines is 1. The number of amides is 3. The van der Waals surface area contributed by atoms with Crippen LogP contribution in [0.3, 0.4) is 0 Å². The van der Waals surface area contributed by atoms with Gasteiger partial charge in [0.2, 0.25) is 5.91 Å². The van der Waals surface area contributed by atoms with Crippen molar-refractivity contribution in [1.82, 2.24) is 14.8 Å². The molecule has 39 heavy (non-hydrogen) atoms. The van der Waals surface area contributed by atoms with Crippen molar-refractivity contribution in [3.63, 3.8) is 0 Å². The summed E-state index contributed by atoms with van der Waals surface area (Å²) in [5.41, 5.74) is 1.30. The molecule has 2 aliphatic rings. The van der Waals surface area contributed by atoms with Crippen molar-refractivity contribution in [2.45, 2.75) is 44.3 Å². The van der Waals surface area contributed by atoms with Gasteiger partial charge in [-0.1, -0.05) is 44.2 Å². The Morgan fingerprint density at radius 1 is 1.23 bits per heavy atom. The van der Waals surface area contributed by atoms with Crippen LogP contribution in [0.25, 0.3) is 15.7 Å². The third-order valence-corrected chi connectivity index (χ3v) is 7.77. The summed E-state index contributed by atoms with van der Waals surface area (Å²) in [5.74, 6) is -0.362. The van der Waals surface area contributed by atoms with Gasteiger partial charge in [-0.15, -0.1) is 0 Å². The number of nitrogens with zero attached hydrogens (tertiary/aromatic N) is 4. The Hall–Kier alpha value is -4.45. The van der Waals surface area contributed by atoms with Crippen LogP contribution in [0.5, 0.6) is 5.75 Å². The van der Waals surface area contributed by atoms with Crippen molar-refractivity contribution in [2.75, 3.05) is 26.0 Å².